The van der Waals surface area contributed by atoms with E-state index in [1.54, 1.807) is 4.90 Å². The van der Waals surface area contributed by atoms with Crippen LogP contribution in [-0.2, 0) is 14.3 Å². The third-order valence-electron chi connectivity index (χ3n) is 3.17. The standard InChI is InChI=1S/C13H19NO4/c1-8-9-7-14(12(16)18-13(2,3)4)6-5-10(9)17-11(8)15/h9-10H,1,5-7H2,2-4H3/t9-,10-/m1/s1. The topological polar surface area (TPSA) is 55.8 Å². The largest absolute Gasteiger partial charge is 0.458 e. The molecule has 0 aliphatic carbocycles. The molecule has 5 heteroatoms. The molecule has 0 saturated carbocycles. The van der Waals surface area contributed by atoms with Gasteiger partial charge in [0.05, 0.1) is 0 Å². The Labute approximate surface area is 107 Å². The summed E-state index contributed by atoms with van der Waals surface area (Å²) >= 11 is 0. The van der Waals surface area contributed by atoms with Crippen molar-refractivity contribution in [3.8, 4) is 0 Å². The normalized spacial score (nSPS) is 27.8. The number of esters is 1. The smallest absolute Gasteiger partial charge is 0.410 e. The molecule has 2 fully saturated rings. The molecule has 2 heterocycles. The van der Waals surface area contributed by atoms with Crippen LogP contribution in [0.25, 0.3) is 0 Å². The Hall–Kier alpha value is -1.52. The van der Waals surface area contributed by atoms with Crippen LogP contribution in [0.5, 0.6) is 0 Å². The summed E-state index contributed by atoms with van der Waals surface area (Å²) in [5, 5.41) is 0. The summed E-state index contributed by atoms with van der Waals surface area (Å²) in [4.78, 5) is 25.0. The molecule has 18 heavy (non-hydrogen) atoms. The van der Waals surface area contributed by atoms with E-state index >= 15 is 0 Å². The van der Waals surface area contributed by atoms with Gasteiger partial charge < -0.3 is 14.4 Å². The van der Waals surface area contributed by atoms with Crippen molar-refractivity contribution in [3.05, 3.63) is 12.2 Å². The van der Waals surface area contributed by atoms with E-state index < -0.39 is 5.60 Å². The molecule has 2 aliphatic rings. The molecular formula is C13H19NO4. The highest BCUT2D eigenvalue weighted by Crippen LogP contribution is 2.33. The molecule has 2 saturated heterocycles. The highest BCUT2D eigenvalue weighted by molar-refractivity contribution is 5.91. The van der Waals surface area contributed by atoms with E-state index in [1.165, 1.54) is 0 Å². The van der Waals surface area contributed by atoms with Crippen LogP contribution in [-0.4, -0.2) is 41.8 Å². The molecule has 2 atom stereocenters. The third-order valence-corrected chi connectivity index (χ3v) is 3.17. The number of hydrogen-bond donors (Lipinski definition) is 0. The van der Waals surface area contributed by atoms with E-state index in [-0.39, 0.29) is 24.1 Å². The molecule has 0 bridgehead atoms. The van der Waals surface area contributed by atoms with Gasteiger partial charge in [-0.1, -0.05) is 6.58 Å². The van der Waals surface area contributed by atoms with Crippen molar-refractivity contribution in [1.29, 1.82) is 0 Å². The molecule has 0 spiro atoms. The number of amides is 1. The van der Waals surface area contributed by atoms with Gasteiger partial charge in [0.2, 0.25) is 0 Å². The quantitative estimate of drug-likeness (QED) is 0.487. The van der Waals surface area contributed by atoms with Crippen molar-refractivity contribution in [2.24, 2.45) is 5.92 Å². The van der Waals surface area contributed by atoms with Crippen LogP contribution in [0.15, 0.2) is 12.2 Å². The first-order valence-corrected chi connectivity index (χ1v) is 6.15. The molecule has 0 aromatic carbocycles. The lowest BCUT2D eigenvalue weighted by atomic mass is 9.91. The van der Waals surface area contributed by atoms with Gasteiger partial charge in [-0.05, 0) is 20.8 Å². The van der Waals surface area contributed by atoms with E-state index in [2.05, 4.69) is 6.58 Å². The lowest BCUT2D eigenvalue weighted by Crippen LogP contribution is -2.46. The maximum Gasteiger partial charge on any atom is 0.410 e. The first-order valence-electron chi connectivity index (χ1n) is 6.15. The van der Waals surface area contributed by atoms with Crippen molar-refractivity contribution < 1.29 is 19.1 Å². The lowest BCUT2D eigenvalue weighted by Gasteiger charge is -2.34. The van der Waals surface area contributed by atoms with Gasteiger partial charge >= 0.3 is 12.1 Å². The maximum atomic E-state index is 11.9. The van der Waals surface area contributed by atoms with E-state index in [0.29, 0.717) is 25.1 Å². The highest BCUT2D eigenvalue weighted by atomic mass is 16.6. The Morgan fingerprint density at radius 3 is 2.78 bits per heavy atom. The number of carbonyl (C=O) groups is 2. The second-order valence-corrected chi connectivity index (χ2v) is 5.79. The zero-order valence-corrected chi connectivity index (χ0v) is 11.1. The molecule has 100 valence electrons. The fraction of sp³-hybridized carbons (Fsp3) is 0.692. The van der Waals surface area contributed by atoms with Gasteiger partial charge in [-0.15, -0.1) is 0 Å². The number of likely N-dealkylation sites (tertiary alicyclic amines) is 1. The van der Waals surface area contributed by atoms with Gasteiger partial charge in [-0.25, -0.2) is 9.59 Å². The number of rotatable bonds is 0. The zero-order valence-electron chi connectivity index (χ0n) is 11.1. The molecule has 5 nitrogen and oxygen atoms in total. The van der Waals surface area contributed by atoms with Crippen molar-refractivity contribution in [3.63, 3.8) is 0 Å². The maximum absolute atomic E-state index is 11.9. The molecule has 0 aromatic heterocycles. The van der Waals surface area contributed by atoms with Gasteiger partial charge in [-0.3, -0.25) is 0 Å². The second kappa shape index (κ2) is 4.30. The average molecular weight is 253 g/mol. The lowest BCUT2D eigenvalue weighted by molar-refractivity contribution is -0.140. The van der Waals surface area contributed by atoms with Crippen LogP contribution in [0.4, 0.5) is 4.79 Å². The predicted octanol–water partition coefficient (Wildman–Crippen LogP) is 1.72. The molecule has 2 aliphatic heterocycles. The average Bonchev–Trinajstić information content (AvgIpc) is 2.52. The van der Waals surface area contributed by atoms with Crippen LogP contribution in [0.2, 0.25) is 0 Å². The van der Waals surface area contributed by atoms with E-state index in [1.807, 2.05) is 20.8 Å². The van der Waals surface area contributed by atoms with Crippen LogP contribution in [0, 0.1) is 5.92 Å². The van der Waals surface area contributed by atoms with Crippen LogP contribution < -0.4 is 0 Å². The number of carbonyl (C=O) groups excluding carboxylic acids is 2. The zero-order chi connectivity index (χ0) is 13.5. The molecule has 0 N–H and O–H groups in total. The minimum Gasteiger partial charge on any atom is -0.458 e. The summed E-state index contributed by atoms with van der Waals surface area (Å²) in [7, 11) is 0. The fourth-order valence-corrected chi connectivity index (χ4v) is 2.26. The monoisotopic (exact) mass is 253 g/mol. The SMILES string of the molecule is C=C1C(=O)O[C@@H]2CCN(C(=O)OC(C)(C)C)C[C@H]12. The highest BCUT2D eigenvalue weighted by Gasteiger charge is 2.43. The van der Waals surface area contributed by atoms with Gasteiger partial charge in [0.1, 0.15) is 11.7 Å². The summed E-state index contributed by atoms with van der Waals surface area (Å²) in [5.74, 6) is -0.421. The third kappa shape index (κ3) is 2.49. The Balaban J connectivity index is 2.00. The number of hydrogen-bond acceptors (Lipinski definition) is 4. The van der Waals surface area contributed by atoms with Crippen molar-refractivity contribution >= 4 is 12.1 Å². The molecule has 0 unspecified atom stereocenters. The number of ether oxygens (including phenoxy) is 2. The number of piperidine rings is 1. The predicted molar refractivity (Wildman–Crippen MR) is 64.9 cm³/mol. The summed E-state index contributed by atoms with van der Waals surface area (Å²) in [5.41, 5.74) is -0.0410. The van der Waals surface area contributed by atoms with Gasteiger partial charge in [0.15, 0.2) is 0 Å². The van der Waals surface area contributed by atoms with E-state index in [0.717, 1.165) is 0 Å². The van der Waals surface area contributed by atoms with Crippen molar-refractivity contribution in [1.82, 2.24) is 4.90 Å². The Morgan fingerprint density at radius 1 is 1.50 bits per heavy atom. The summed E-state index contributed by atoms with van der Waals surface area (Å²) < 4.78 is 10.5. The summed E-state index contributed by atoms with van der Waals surface area (Å²) in [6.45, 7) is 10.2. The fourth-order valence-electron chi connectivity index (χ4n) is 2.26. The van der Waals surface area contributed by atoms with Gasteiger partial charge in [0, 0.05) is 31.0 Å². The molecule has 0 aromatic rings. The van der Waals surface area contributed by atoms with Gasteiger partial charge in [-0.2, -0.15) is 0 Å². The second-order valence-electron chi connectivity index (χ2n) is 5.79. The van der Waals surface area contributed by atoms with Gasteiger partial charge in [0.25, 0.3) is 0 Å². The minimum absolute atomic E-state index is 0.0845. The first kappa shape index (κ1) is 12.9. The van der Waals surface area contributed by atoms with Crippen molar-refractivity contribution in [2.45, 2.75) is 38.9 Å². The Morgan fingerprint density at radius 2 is 2.17 bits per heavy atom. The summed E-state index contributed by atoms with van der Waals surface area (Å²) in [6, 6.07) is 0. The van der Waals surface area contributed by atoms with Crippen LogP contribution in [0.3, 0.4) is 0 Å². The Kier molecular flexibility index (Phi) is 3.09. The Bertz CT molecular complexity index is 396. The first-order chi connectivity index (χ1) is 8.28. The molecule has 1 amide bonds. The van der Waals surface area contributed by atoms with E-state index in [9.17, 15) is 9.59 Å². The number of fused-ring (bicyclic) bond motifs is 1. The summed E-state index contributed by atoms with van der Waals surface area (Å²) in [6.07, 6.45) is 0.186. The van der Waals surface area contributed by atoms with Crippen molar-refractivity contribution in [2.75, 3.05) is 13.1 Å². The van der Waals surface area contributed by atoms with Crippen LogP contribution in [0.1, 0.15) is 27.2 Å². The molecular weight excluding hydrogens is 234 g/mol. The van der Waals surface area contributed by atoms with Crippen LogP contribution >= 0.6 is 0 Å². The minimum atomic E-state index is -0.507. The number of nitrogens with zero attached hydrogens (tertiary/aromatic N) is 1. The molecule has 2 rings (SSSR count). The van der Waals surface area contributed by atoms with E-state index in [4.69, 9.17) is 9.47 Å². The molecule has 0 radical (unpaired) electrons.